The van der Waals surface area contributed by atoms with Gasteiger partial charge in [-0.3, -0.25) is 14.3 Å². The number of benzene rings is 2. The Hall–Kier alpha value is -3.08. The second-order valence-corrected chi connectivity index (χ2v) is 6.67. The van der Waals surface area contributed by atoms with E-state index in [0.717, 1.165) is 12.1 Å². The van der Waals surface area contributed by atoms with Crippen LogP contribution in [0.15, 0.2) is 48.5 Å². The minimum atomic E-state index is -5.69. The molecule has 0 fully saturated rings. The van der Waals surface area contributed by atoms with Crippen molar-refractivity contribution in [3.63, 3.8) is 0 Å². The molecule has 2 aromatic carbocycles. The Morgan fingerprint density at radius 2 is 1.65 bits per heavy atom. The molecule has 2 amide bonds. The summed E-state index contributed by atoms with van der Waals surface area (Å²) in [6, 6.07) is 10.3. The zero-order valence-electron chi connectivity index (χ0n) is 12.9. The van der Waals surface area contributed by atoms with Crippen molar-refractivity contribution in [1.82, 2.24) is 0 Å². The number of anilines is 2. The summed E-state index contributed by atoms with van der Waals surface area (Å²) in [5.74, 6) is -1.62. The summed E-state index contributed by atoms with van der Waals surface area (Å²) in [4.78, 5) is 23.4. The highest BCUT2D eigenvalue weighted by atomic mass is 32.2. The Morgan fingerprint density at radius 1 is 1.00 bits per heavy atom. The van der Waals surface area contributed by atoms with Crippen LogP contribution in [0.3, 0.4) is 0 Å². The fraction of sp³-hybridized carbons (Fsp3) is 0.0667. The van der Waals surface area contributed by atoms with Gasteiger partial charge in [-0.1, -0.05) is 18.2 Å². The van der Waals surface area contributed by atoms with E-state index in [1.807, 2.05) is 0 Å². The molecule has 0 aliphatic carbocycles. The fourth-order valence-electron chi connectivity index (χ4n) is 1.92. The van der Waals surface area contributed by atoms with Crippen LogP contribution in [-0.2, 0) is 10.0 Å². The molecule has 0 radical (unpaired) electrons. The van der Waals surface area contributed by atoms with Crippen molar-refractivity contribution in [2.45, 2.75) is 5.51 Å². The van der Waals surface area contributed by atoms with Gasteiger partial charge in [0.05, 0.1) is 11.3 Å². The second kappa shape index (κ2) is 7.04. The molecule has 0 spiro atoms. The number of sulfonamides is 1. The lowest BCUT2D eigenvalue weighted by atomic mass is 10.1. The lowest BCUT2D eigenvalue weighted by Crippen LogP contribution is -2.30. The molecule has 0 aliphatic rings. The van der Waals surface area contributed by atoms with E-state index in [4.69, 9.17) is 5.73 Å². The molecule has 0 saturated carbocycles. The molecule has 11 heteroatoms. The SMILES string of the molecule is NC(=O)c1cccc(NC(=O)c2ccccc2NS(=O)(=O)C(F)(F)F)c1. The highest BCUT2D eigenvalue weighted by Gasteiger charge is 2.46. The van der Waals surface area contributed by atoms with Gasteiger partial charge in [0.25, 0.3) is 5.91 Å². The normalized spacial score (nSPS) is 11.7. The number of hydrogen-bond donors (Lipinski definition) is 3. The minimum absolute atomic E-state index is 0.105. The van der Waals surface area contributed by atoms with Gasteiger partial charge in [-0.05, 0) is 30.3 Å². The Morgan fingerprint density at radius 3 is 2.27 bits per heavy atom. The average molecular weight is 387 g/mol. The number of primary amides is 1. The maximum Gasteiger partial charge on any atom is 0.516 e. The summed E-state index contributed by atoms with van der Waals surface area (Å²) in [6.07, 6.45) is 0. The van der Waals surface area contributed by atoms with E-state index < -0.39 is 33.0 Å². The zero-order valence-corrected chi connectivity index (χ0v) is 13.7. The molecular formula is C15H12F3N3O4S. The number of para-hydroxylation sites is 1. The number of halogens is 3. The van der Waals surface area contributed by atoms with Crippen molar-refractivity contribution in [3.05, 3.63) is 59.7 Å². The van der Waals surface area contributed by atoms with Gasteiger partial charge in [0, 0.05) is 11.3 Å². The zero-order chi connectivity index (χ0) is 19.5. The van der Waals surface area contributed by atoms with E-state index in [-0.39, 0.29) is 16.8 Å². The quantitative estimate of drug-likeness (QED) is 0.729. The summed E-state index contributed by atoms with van der Waals surface area (Å²) < 4.78 is 61.4. The molecule has 7 nitrogen and oxygen atoms in total. The van der Waals surface area contributed by atoms with E-state index in [2.05, 4.69) is 5.32 Å². The first-order valence-electron chi connectivity index (χ1n) is 6.90. The monoisotopic (exact) mass is 387 g/mol. The van der Waals surface area contributed by atoms with Crippen LogP contribution in [0.25, 0.3) is 0 Å². The van der Waals surface area contributed by atoms with Crippen LogP contribution in [0.5, 0.6) is 0 Å². The maximum atomic E-state index is 12.5. The molecule has 0 atom stereocenters. The summed E-state index contributed by atoms with van der Waals surface area (Å²) in [7, 11) is -5.69. The first-order chi connectivity index (χ1) is 12.0. The van der Waals surface area contributed by atoms with Crippen LogP contribution >= 0.6 is 0 Å². The summed E-state index contributed by atoms with van der Waals surface area (Å²) >= 11 is 0. The molecule has 2 aromatic rings. The summed E-state index contributed by atoms with van der Waals surface area (Å²) in [5, 5.41) is 2.36. The Bertz CT molecular complexity index is 959. The van der Waals surface area contributed by atoms with Gasteiger partial charge in [-0.2, -0.15) is 21.6 Å². The number of amides is 2. The topological polar surface area (TPSA) is 118 Å². The smallest absolute Gasteiger partial charge is 0.366 e. The molecule has 0 bridgehead atoms. The van der Waals surface area contributed by atoms with Crippen LogP contribution in [0.4, 0.5) is 24.5 Å². The fourth-order valence-corrected chi connectivity index (χ4v) is 2.50. The van der Waals surface area contributed by atoms with Crippen LogP contribution in [0.1, 0.15) is 20.7 Å². The number of nitrogens with two attached hydrogens (primary N) is 1. The second-order valence-electron chi connectivity index (χ2n) is 5.00. The van der Waals surface area contributed by atoms with Crippen LogP contribution in [-0.4, -0.2) is 25.7 Å². The molecule has 0 aliphatic heterocycles. The third-order valence-corrected chi connectivity index (χ3v) is 4.22. The van der Waals surface area contributed by atoms with Crippen molar-refractivity contribution in [2.24, 2.45) is 5.73 Å². The minimum Gasteiger partial charge on any atom is -0.366 e. The van der Waals surface area contributed by atoms with Gasteiger partial charge >= 0.3 is 15.5 Å². The van der Waals surface area contributed by atoms with Gasteiger partial charge in [0.15, 0.2) is 0 Å². The van der Waals surface area contributed by atoms with Crippen LogP contribution in [0, 0.1) is 0 Å². The number of hydrogen-bond acceptors (Lipinski definition) is 4. The number of nitrogens with one attached hydrogen (secondary N) is 2. The van der Waals surface area contributed by atoms with Crippen molar-refractivity contribution in [3.8, 4) is 0 Å². The maximum absolute atomic E-state index is 12.5. The lowest BCUT2D eigenvalue weighted by Gasteiger charge is -2.14. The molecule has 2 rings (SSSR count). The van der Waals surface area contributed by atoms with Crippen LogP contribution in [0.2, 0.25) is 0 Å². The highest BCUT2D eigenvalue weighted by molar-refractivity contribution is 7.93. The molecule has 4 N–H and O–H groups in total. The molecule has 26 heavy (non-hydrogen) atoms. The van der Waals surface area contributed by atoms with Crippen LogP contribution < -0.4 is 15.8 Å². The van der Waals surface area contributed by atoms with Gasteiger partial charge in [0.2, 0.25) is 5.91 Å². The molecule has 0 unspecified atom stereocenters. The Labute approximate surface area is 146 Å². The van der Waals surface area contributed by atoms with E-state index in [0.29, 0.717) is 0 Å². The summed E-state index contributed by atoms with van der Waals surface area (Å²) in [5.41, 5.74) is -1.04. The largest absolute Gasteiger partial charge is 0.516 e. The predicted molar refractivity (Wildman–Crippen MR) is 88.0 cm³/mol. The van der Waals surface area contributed by atoms with Gasteiger partial charge in [-0.15, -0.1) is 0 Å². The molecule has 0 aromatic heterocycles. The van der Waals surface area contributed by atoms with Crippen molar-refractivity contribution in [1.29, 1.82) is 0 Å². The van der Waals surface area contributed by atoms with E-state index in [9.17, 15) is 31.2 Å². The first-order valence-corrected chi connectivity index (χ1v) is 8.39. The highest BCUT2D eigenvalue weighted by Crippen LogP contribution is 2.27. The molecular weight excluding hydrogens is 375 g/mol. The third-order valence-electron chi connectivity index (χ3n) is 3.13. The Kier molecular flexibility index (Phi) is 5.21. The van der Waals surface area contributed by atoms with Gasteiger partial charge in [0.1, 0.15) is 0 Å². The standard InChI is InChI=1S/C15H12F3N3O4S/c16-15(17,18)26(24,25)21-12-7-2-1-6-11(12)14(23)20-10-5-3-4-9(8-10)13(19)22/h1-8,21H,(H2,19,22)(H,20,23). The number of carbonyl (C=O) groups excluding carboxylic acids is 2. The van der Waals surface area contributed by atoms with E-state index in [1.165, 1.54) is 41.1 Å². The van der Waals surface area contributed by atoms with Gasteiger partial charge < -0.3 is 11.1 Å². The number of carbonyl (C=O) groups is 2. The van der Waals surface area contributed by atoms with E-state index >= 15 is 0 Å². The predicted octanol–water partition coefficient (Wildman–Crippen LogP) is 2.30. The Balaban J connectivity index is 2.31. The van der Waals surface area contributed by atoms with Crippen molar-refractivity contribution >= 4 is 33.2 Å². The number of rotatable bonds is 5. The molecule has 138 valence electrons. The first kappa shape index (κ1) is 19.2. The molecule has 0 saturated heterocycles. The molecule has 0 heterocycles. The van der Waals surface area contributed by atoms with Gasteiger partial charge in [-0.25, -0.2) is 0 Å². The number of alkyl halides is 3. The third kappa shape index (κ3) is 4.30. The summed E-state index contributed by atoms with van der Waals surface area (Å²) in [6.45, 7) is 0. The van der Waals surface area contributed by atoms with Crippen molar-refractivity contribution in [2.75, 3.05) is 10.0 Å². The average Bonchev–Trinajstić information content (AvgIpc) is 2.54. The van der Waals surface area contributed by atoms with E-state index in [1.54, 1.807) is 0 Å². The lowest BCUT2D eigenvalue weighted by molar-refractivity contribution is -0.0429. The van der Waals surface area contributed by atoms with Crippen molar-refractivity contribution < 1.29 is 31.2 Å².